The van der Waals surface area contributed by atoms with Gasteiger partial charge in [-0.1, -0.05) is 50.2 Å². The summed E-state index contributed by atoms with van der Waals surface area (Å²) in [6, 6.07) is 13.9. The smallest absolute Gasteiger partial charge is 0.202 e. The first-order valence-electron chi connectivity index (χ1n) is 8.66. The van der Waals surface area contributed by atoms with Crippen molar-refractivity contribution in [1.29, 1.82) is 0 Å². The Morgan fingerprint density at radius 1 is 1.00 bits per heavy atom. The Kier molecular flexibility index (Phi) is 5.71. The topological polar surface area (TPSA) is 46.6 Å². The maximum Gasteiger partial charge on any atom is 0.288 e. The van der Waals surface area contributed by atoms with Crippen LogP contribution in [0, 0.1) is 0 Å². The Morgan fingerprint density at radius 3 is 2.52 bits per heavy atom. The molecule has 2 aromatic rings. The molecule has 1 heterocycles. The van der Waals surface area contributed by atoms with E-state index >= 15 is 0 Å². The zero-order valence-electron chi connectivity index (χ0n) is 14.6. The third-order valence-corrected chi connectivity index (χ3v) is 6.40. The van der Waals surface area contributed by atoms with Crippen LogP contribution < -0.4 is 5.06 Å². The van der Waals surface area contributed by atoms with Crippen molar-refractivity contribution in [3.05, 3.63) is 48.0 Å². The summed E-state index contributed by atoms with van der Waals surface area (Å²) < 4.78 is 30.0. The van der Waals surface area contributed by atoms with Crippen LogP contribution in [0.3, 0.4) is 0 Å². The minimum atomic E-state index is -3.62. The Balaban J connectivity index is 2.00. The summed E-state index contributed by atoms with van der Waals surface area (Å²) in [5.41, 5.74) is 2.81. The molecule has 0 unspecified atom stereocenters. The fraction of sp³-hybridized carbons (Fsp3) is 0.368. The molecule has 6 heteroatoms. The molecule has 0 bridgehead atoms. The van der Waals surface area contributed by atoms with Gasteiger partial charge in [-0.05, 0) is 49.1 Å². The average molecular weight is 378 g/mol. The van der Waals surface area contributed by atoms with Gasteiger partial charge < -0.3 is 0 Å². The van der Waals surface area contributed by atoms with Crippen molar-refractivity contribution in [1.82, 2.24) is 0 Å². The Morgan fingerprint density at radius 2 is 1.76 bits per heavy atom. The molecule has 4 nitrogen and oxygen atoms in total. The van der Waals surface area contributed by atoms with Crippen LogP contribution in [0.4, 0.5) is 11.4 Å². The summed E-state index contributed by atoms with van der Waals surface area (Å²) in [6.45, 7) is 4.01. The predicted molar refractivity (Wildman–Crippen MR) is 103 cm³/mol. The van der Waals surface area contributed by atoms with Crippen molar-refractivity contribution in [2.45, 2.75) is 49.3 Å². The zero-order chi connectivity index (χ0) is 17.9. The van der Waals surface area contributed by atoms with Crippen LogP contribution in [0.2, 0.25) is 0 Å². The first kappa shape index (κ1) is 18.3. The second-order valence-electron chi connectivity index (χ2n) is 6.11. The molecule has 0 saturated carbocycles. The highest BCUT2D eigenvalue weighted by molar-refractivity contribution is 7.99. The highest BCUT2D eigenvalue weighted by atomic mass is 32.2. The number of hydrogen-bond acceptors (Lipinski definition) is 5. The number of fused-ring (bicyclic) bond motifs is 2. The third kappa shape index (κ3) is 4.19. The molecule has 2 aromatic carbocycles. The lowest BCUT2D eigenvalue weighted by Gasteiger charge is -2.30. The Labute approximate surface area is 154 Å². The van der Waals surface area contributed by atoms with Gasteiger partial charge >= 0.3 is 0 Å². The molecule has 0 N–H and O–H groups in total. The minimum Gasteiger partial charge on any atom is -0.202 e. The molecule has 0 saturated heterocycles. The molecule has 0 aromatic heterocycles. The monoisotopic (exact) mass is 377 g/mol. The molecule has 0 amide bonds. The summed E-state index contributed by atoms with van der Waals surface area (Å²) in [7, 11) is -3.62. The lowest BCUT2D eigenvalue weighted by molar-refractivity contribution is 0.319. The van der Waals surface area contributed by atoms with Gasteiger partial charge in [-0.3, -0.25) is 0 Å². The molecule has 0 atom stereocenters. The highest BCUT2D eigenvalue weighted by Gasteiger charge is 2.28. The largest absolute Gasteiger partial charge is 0.288 e. The van der Waals surface area contributed by atoms with Crippen molar-refractivity contribution < 1.29 is 12.7 Å². The van der Waals surface area contributed by atoms with Gasteiger partial charge in [0.2, 0.25) is 0 Å². The van der Waals surface area contributed by atoms with E-state index in [9.17, 15) is 8.42 Å². The standard InChI is InChI=1S/C19H23NO3S2/c1-3-5-8-15-11-12-17-19(14-15)24-18-10-7-6-9-16(18)20(17)23-25(21,22)13-4-2/h6-7,9-12,14H,3-5,8,13H2,1-2H3. The molecule has 134 valence electrons. The van der Waals surface area contributed by atoms with Crippen LogP contribution in [0.25, 0.3) is 0 Å². The number of para-hydroxylation sites is 1. The molecular formula is C19H23NO3S2. The first-order chi connectivity index (χ1) is 12.0. The fourth-order valence-corrected chi connectivity index (χ4v) is 4.85. The van der Waals surface area contributed by atoms with Crippen molar-refractivity contribution in [3.8, 4) is 0 Å². The average Bonchev–Trinajstić information content (AvgIpc) is 2.59. The number of anilines is 2. The van der Waals surface area contributed by atoms with E-state index < -0.39 is 10.1 Å². The molecule has 25 heavy (non-hydrogen) atoms. The quantitative estimate of drug-likeness (QED) is 0.655. The highest BCUT2D eigenvalue weighted by Crippen LogP contribution is 2.48. The van der Waals surface area contributed by atoms with Gasteiger partial charge in [0.05, 0.1) is 17.1 Å². The van der Waals surface area contributed by atoms with E-state index in [0.717, 1.165) is 40.4 Å². The van der Waals surface area contributed by atoms with Crippen LogP contribution >= 0.6 is 11.8 Å². The molecule has 1 aliphatic rings. The van der Waals surface area contributed by atoms with E-state index in [1.54, 1.807) is 11.8 Å². The number of rotatable bonds is 7. The predicted octanol–water partition coefficient (Wildman–Crippen LogP) is 5.30. The van der Waals surface area contributed by atoms with Gasteiger partial charge in [0, 0.05) is 9.79 Å². The molecule has 1 aliphatic heterocycles. The Bertz CT molecular complexity index is 849. The normalized spacial score (nSPS) is 13.4. The fourth-order valence-electron chi connectivity index (χ4n) is 2.79. The number of nitrogens with zero attached hydrogens (tertiary/aromatic N) is 1. The number of benzene rings is 2. The molecule has 0 radical (unpaired) electrons. The third-order valence-electron chi connectivity index (χ3n) is 4.01. The maximum absolute atomic E-state index is 12.3. The van der Waals surface area contributed by atoms with E-state index in [-0.39, 0.29) is 5.75 Å². The van der Waals surface area contributed by atoms with Crippen molar-refractivity contribution in [2.24, 2.45) is 0 Å². The van der Waals surface area contributed by atoms with Crippen LogP contribution in [0.15, 0.2) is 52.3 Å². The van der Waals surface area contributed by atoms with Gasteiger partial charge in [-0.15, -0.1) is 4.28 Å². The molecule has 0 spiro atoms. The molecule has 3 rings (SSSR count). The summed E-state index contributed by atoms with van der Waals surface area (Å²) in [5.74, 6) is 0.00271. The van der Waals surface area contributed by atoms with E-state index in [4.69, 9.17) is 4.28 Å². The van der Waals surface area contributed by atoms with E-state index in [2.05, 4.69) is 19.1 Å². The second-order valence-corrected chi connectivity index (χ2v) is 8.86. The van der Waals surface area contributed by atoms with Crippen LogP contribution in [0.5, 0.6) is 0 Å². The van der Waals surface area contributed by atoms with Crippen LogP contribution in [-0.2, 0) is 20.8 Å². The second kappa shape index (κ2) is 7.81. The van der Waals surface area contributed by atoms with E-state index in [1.807, 2.05) is 37.3 Å². The molecule has 0 fully saturated rings. The van der Waals surface area contributed by atoms with Crippen molar-refractivity contribution >= 4 is 33.3 Å². The Hall–Kier alpha value is -1.50. The maximum atomic E-state index is 12.3. The van der Waals surface area contributed by atoms with Gasteiger partial charge in [-0.2, -0.15) is 8.42 Å². The summed E-state index contributed by atoms with van der Waals surface area (Å²) in [6.07, 6.45) is 3.85. The first-order valence-corrected chi connectivity index (χ1v) is 11.1. The van der Waals surface area contributed by atoms with Crippen molar-refractivity contribution in [3.63, 3.8) is 0 Å². The van der Waals surface area contributed by atoms with Gasteiger partial charge in [-0.25, -0.2) is 5.06 Å². The van der Waals surface area contributed by atoms with E-state index in [1.165, 1.54) is 10.6 Å². The number of hydrogen-bond donors (Lipinski definition) is 0. The van der Waals surface area contributed by atoms with Gasteiger partial charge in [0.1, 0.15) is 0 Å². The van der Waals surface area contributed by atoms with Gasteiger partial charge in [0.25, 0.3) is 10.1 Å². The summed E-state index contributed by atoms with van der Waals surface area (Å²) in [5, 5.41) is 1.47. The molecular weight excluding hydrogens is 354 g/mol. The van der Waals surface area contributed by atoms with Crippen molar-refractivity contribution in [2.75, 3.05) is 10.8 Å². The summed E-state index contributed by atoms with van der Waals surface area (Å²) >= 11 is 1.66. The molecule has 0 aliphatic carbocycles. The number of aryl methyl sites for hydroxylation is 1. The minimum absolute atomic E-state index is 0.00271. The zero-order valence-corrected chi connectivity index (χ0v) is 16.2. The number of unbranched alkanes of at least 4 members (excludes halogenated alkanes) is 1. The lowest BCUT2D eigenvalue weighted by Crippen LogP contribution is -2.26. The van der Waals surface area contributed by atoms with Crippen LogP contribution in [0.1, 0.15) is 38.7 Å². The summed E-state index contributed by atoms with van der Waals surface area (Å²) in [4.78, 5) is 2.02. The van der Waals surface area contributed by atoms with E-state index in [0.29, 0.717) is 6.42 Å². The SMILES string of the molecule is CCCCc1ccc2c(c1)Sc1ccccc1N2OS(=O)(=O)CCC. The lowest BCUT2D eigenvalue weighted by atomic mass is 10.1. The van der Waals surface area contributed by atoms with Crippen LogP contribution in [-0.4, -0.2) is 14.2 Å². The van der Waals surface area contributed by atoms with Gasteiger partial charge in [0.15, 0.2) is 0 Å².